The monoisotopic (exact) mass is 693 g/mol. The fourth-order valence-corrected chi connectivity index (χ4v) is 8.14. The Labute approximate surface area is 274 Å². The fraction of sp³-hybridized carbons (Fsp3) is 0.303. The molecule has 0 aliphatic carbocycles. The molecule has 2 unspecified atom stereocenters. The van der Waals surface area contributed by atoms with E-state index in [9.17, 15) is 14.4 Å². The summed E-state index contributed by atoms with van der Waals surface area (Å²) in [4.78, 5) is 51.2. The van der Waals surface area contributed by atoms with Crippen LogP contribution in [0.25, 0.3) is 10.9 Å². The van der Waals surface area contributed by atoms with Gasteiger partial charge in [0.2, 0.25) is 11.8 Å². The molecular formula is C33H33BrClN5O3S. The number of fused-ring (bicyclic) bond motifs is 1. The van der Waals surface area contributed by atoms with Gasteiger partial charge in [0, 0.05) is 76.8 Å². The van der Waals surface area contributed by atoms with E-state index < -0.39 is 10.8 Å². The maximum Gasteiger partial charge on any atom is 0.317 e. The first-order valence-electron chi connectivity index (χ1n) is 14.5. The van der Waals surface area contributed by atoms with Crippen molar-refractivity contribution < 1.29 is 14.4 Å². The highest BCUT2D eigenvalue weighted by Gasteiger charge is 2.59. The highest BCUT2D eigenvalue weighted by Crippen LogP contribution is 2.55. The predicted molar refractivity (Wildman–Crippen MR) is 178 cm³/mol. The van der Waals surface area contributed by atoms with Gasteiger partial charge in [-0.05, 0) is 48.9 Å². The number of nitrogens with one attached hydrogen (secondary N) is 2. The Balaban J connectivity index is 1.48. The van der Waals surface area contributed by atoms with Gasteiger partial charge in [0.1, 0.15) is 4.75 Å². The minimum absolute atomic E-state index is 0.0431. The quantitative estimate of drug-likeness (QED) is 0.245. The number of hydrogen-bond acceptors (Lipinski definition) is 4. The van der Waals surface area contributed by atoms with Crippen LogP contribution in [-0.4, -0.2) is 75.5 Å². The van der Waals surface area contributed by atoms with Crippen molar-refractivity contribution in [3.8, 4) is 0 Å². The molecule has 3 heterocycles. The zero-order valence-corrected chi connectivity index (χ0v) is 27.6. The van der Waals surface area contributed by atoms with E-state index in [1.54, 1.807) is 11.9 Å². The van der Waals surface area contributed by atoms with E-state index in [1.807, 2.05) is 89.7 Å². The lowest BCUT2D eigenvalue weighted by Crippen LogP contribution is -2.57. The molecule has 0 saturated carbocycles. The van der Waals surface area contributed by atoms with E-state index in [4.69, 9.17) is 11.6 Å². The molecule has 0 radical (unpaired) electrons. The smallest absolute Gasteiger partial charge is 0.317 e. The number of hydrogen-bond donors (Lipinski definition) is 2. The van der Waals surface area contributed by atoms with Crippen molar-refractivity contribution in [2.75, 3.05) is 33.2 Å². The average molecular weight is 695 g/mol. The number of halogens is 2. The topological polar surface area (TPSA) is 88.8 Å². The second-order valence-electron chi connectivity index (χ2n) is 11.3. The van der Waals surface area contributed by atoms with Crippen molar-refractivity contribution in [1.29, 1.82) is 0 Å². The van der Waals surface area contributed by atoms with Crippen molar-refractivity contribution in [2.45, 2.75) is 35.6 Å². The van der Waals surface area contributed by atoms with E-state index in [1.165, 1.54) is 11.8 Å². The lowest BCUT2D eigenvalue weighted by Gasteiger charge is -2.42. The molecule has 44 heavy (non-hydrogen) atoms. The number of H-pyrrole nitrogens is 1. The predicted octanol–water partition coefficient (Wildman–Crippen LogP) is 6.38. The molecule has 0 bridgehead atoms. The number of carbonyl (C=O) groups excluding carboxylic acids is 3. The molecular weight excluding hydrogens is 662 g/mol. The zero-order valence-electron chi connectivity index (χ0n) is 24.5. The van der Waals surface area contributed by atoms with Gasteiger partial charge in [-0.2, -0.15) is 0 Å². The molecule has 2 aliphatic heterocycles. The number of aromatic nitrogens is 1. The first-order valence-corrected chi connectivity index (χ1v) is 16.5. The summed E-state index contributed by atoms with van der Waals surface area (Å²) in [6.45, 7) is 4.00. The van der Waals surface area contributed by atoms with E-state index in [-0.39, 0.29) is 24.3 Å². The van der Waals surface area contributed by atoms with Crippen molar-refractivity contribution >= 4 is 68.0 Å². The number of piperazine rings is 1. The minimum Gasteiger partial charge on any atom is -0.361 e. The standard InChI is InChI=1S/C33H33BrClN5O3S/c1-21-3-10-25(11-4-21)44-33(31(42)38-13-15-39(16-14-38)32(43)36-2)18-29(41)40(20-22-5-7-23(34)8-6-22)30(33)27-19-37-28-17-24(35)9-12-26(27)28/h3-12,17,19,30,37H,13-16,18,20H2,1-2H3,(H,36,43). The molecule has 1 aromatic heterocycles. The van der Waals surface area contributed by atoms with Crippen molar-refractivity contribution in [1.82, 2.24) is 25.0 Å². The maximum absolute atomic E-state index is 15.0. The summed E-state index contributed by atoms with van der Waals surface area (Å²) in [5.74, 6) is -0.183. The summed E-state index contributed by atoms with van der Waals surface area (Å²) in [6.07, 6.45) is 1.96. The van der Waals surface area contributed by atoms with E-state index in [2.05, 4.69) is 26.2 Å². The summed E-state index contributed by atoms with van der Waals surface area (Å²) in [6, 6.07) is 20.9. The molecule has 3 aromatic carbocycles. The van der Waals surface area contributed by atoms with Gasteiger partial charge in [-0.3, -0.25) is 9.59 Å². The summed E-state index contributed by atoms with van der Waals surface area (Å²) < 4.78 is -0.208. The van der Waals surface area contributed by atoms with Crippen molar-refractivity contribution in [2.24, 2.45) is 0 Å². The molecule has 2 saturated heterocycles. The molecule has 11 heteroatoms. The summed E-state index contributed by atoms with van der Waals surface area (Å²) in [7, 11) is 1.61. The second kappa shape index (κ2) is 12.5. The van der Waals surface area contributed by atoms with Crippen LogP contribution in [0.15, 0.2) is 82.3 Å². The van der Waals surface area contributed by atoms with Crippen LogP contribution >= 0.6 is 39.3 Å². The van der Waals surface area contributed by atoms with Crippen LogP contribution in [0.5, 0.6) is 0 Å². The van der Waals surface area contributed by atoms with Gasteiger partial charge in [-0.1, -0.05) is 63.4 Å². The summed E-state index contributed by atoms with van der Waals surface area (Å²) >= 11 is 11.3. The van der Waals surface area contributed by atoms with Gasteiger partial charge in [-0.15, -0.1) is 11.8 Å². The summed E-state index contributed by atoms with van der Waals surface area (Å²) in [5.41, 5.74) is 3.80. The molecule has 6 rings (SSSR count). The number of benzene rings is 3. The number of amides is 4. The Bertz CT molecular complexity index is 1700. The Kier molecular flexibility index (Phi) is 8.68. The first-order chi connectivity index (χ1) is 21.2. The third kappa shape index (κ3) is 5.82. The molecule has 4 amide bonds. The Morgan fingerprint density at radius 1 is 1.02 bits per heavy atom. The first kappa shape index (κ1) is 30.6. The number of rotatable bonds is 6. The highest BCUT2D eigenvalue weighted by atomic mass is 79.9. The molecule has 228 valence electrons. The molecule has 8 nitrogen and oxygen atoms in total. The van der Waals surface area contributed by atoms with Crippen LogP contribution in [0.2, 0.25) is 5.02 Å². The zero-order chi connectivity index (χ0) is 31.0. The van der Waals surface area contributed by atoms with Gasteiger partial charge in [0.25, 0.3) is 0 Å². The molecule has 2 fully saturated rings. The van der Waals surface area contributed by atoms with Crippen molar-refractivity contribution in [3.63, 3.8) is 0 Å². The molecule has 0 spiro atoms. The summed E-state index contributed by atoms with van der Waals surface area (Å²) in [5, 5.41) is 4.20. The van der Waals surface area contributed by atoms with Crippen molar-refractivity contribution in [3.05, 3.63) is 99.1 Å². The SMILES string of the molecule is CNC(=O)N1CCN(C(=O)C2(Sc3ccc(C)cc3)CC(=O)N(Cc3ccc(Br)cc3)C2c2c[nH]c3cc(Cl)ccc23)CC1. The minimum atomic E-state index is -1.16. The third-order valence-electron chi connectivity index (χ3n) is 8.48. The number of carbonyl (C=O) groups is 3. The number of thioether (sulfide) groups is 1. The van der Waals surface area contributed by atoms with Crippen LogP contribution < -0.4 is 5.32 Å². The lowest BCUT2D eigenvalue weighted by molar-refractivity contribution is -0.136. The number of urea groups is 1. The van der Waals surface area contributed by atoms with Crippen LogP contribution in [0.1, 0.15) is 29.2 Å². The van der Waals surface area contributed by atoms with Gasteiger partial charge >= 0.3 is 6.03 Å². The molecule has 4 aromatic rings. The maximum atomic E-state index is 15.0. The average Bonchev–Trinajstić information content (AvgIpc) is 3.55. The highest BCUT2D eigenvalue weighted by molar-refractivity contribution is 9.10. The molecule has 2 N–H and O–H groups in total. The van der Waals surface area contributed by atoms with Crippen LogP contribution in [0, 0.1) is 6.92 Å². The van der Waals surface area contributed by atoms with E-state index in [0.717, 1.165) is 37.0 Å². The molecule has 2 atom stereocenters. The second-order valence-corrected chi connectivity index (χ2v) is 14.1. The van der Waals surface area contributed by atoms with Gasteiger partial charge in [-0.25, -0.2) is 4.79 Å². The number of aromatic amines is 1. The number of nitrogens with zero attached hydrogens (tertiary/aromatic N) is 3. The van der Waals surface area contributed by atoms with Gasteiger partial charge < -0.3 is 25.0 Å². The van der Waals surface area contributed by atoms with E-state index in [0.29, 0.717) is 37.7 Å². The number of likely N-dealkylation sites (tertiary alicyclic amines) is 1. The Morgan fingerprint density at radius 2 is 1.70 bits per heavy atom. The van der Waals surface area contributed by atoms with Crippen LogP contribution in [0.3, 0.4) is 0 Å². The Hall–Kier alpha value is -3.47. The van der Waals surface area contributed by atoms with E-state index >= 15 is 0 Å². The number of aryl methyl sites for hydroxylation is 1. The largest absolute Gasteiger partial charge is 0.361 e. The van der Waals surface area contributed by atoms with Crippen LogP contribution in [-0.2, 0) is 16.1 Å². The van der Waals surface area contributed by atoms with Gasteiger partial charge in [0.05, 0.1) is 12.5 Å². The Morgan fingerprint density at radius 3 is 2.39 bits per heavy atom. The van der Waals surface area contributed by atoms with Gasteiger partial charge in [0.15, 0.2) is 0 Å². The normalized spacial score (nSPS) is 20.4. The fourth-order valence-electron chi connectivity index (χ4n) is 6.23. The third-order valence-corrected chi connectivity index (χ3v) is 10.7. The lowest BCUT2D eigenvalue weighted by atomic mass is 9.90. The van der Waals surface area contributed by atoms with Crippen LogP contribution in [0.4, 0.5) is 4.79 Å². The molecule has 2 aliphatic rings.